The second-order valence-electron chi connectivity index (χ2n) is 6.38. The molecule has 2 N–H and O–H groups in total. The maximum atomic E-state index is 12.0. The predicted molar refractivity (Wildman–Crippen MR) is 99.4 cm³/mol. The zero-order valence-electron chi connectivity index (χ0n) is 15.2. The van der Waals surface area contributed by atoms with Crippen molar-refractivity contribution >= 4 is 16.6 Å². The fourth-order valence-electron chi connectivity index (χ4n) is 3.47. The summed E-state index contributed by atoms with van der Waals surface area (Å²) >= 11 is 0. The lowest BCUT2D eigenvalue weighted by atomic mass is 9.92. The first-order valence-corrected chi connectivity index (χ1v) is 8.89. The van der Waals surface area contributed by atoms with E-state index in [0.717, 1.165) is 42.2 Å². The summed E-state index contributed by atoms with van der Waals surface area (Å²) in [6.07, 6.45) is 5.77. The number of aromatic nitrogens is 1. The number of pyridine rings is 1. The van der Waals surface area contributed by atoms with E-state index in [4.69, 9.17) is 0 Å². The number of carbonyl (C=O) groups excluding carboxylic acids is 1. The van der Waals surface area contributed by atoms with Gasteiger partial charge in [0.05, 0.1) is 5.54 Å². The quantitative estimate of drug-likeness (QED) is 0.896. The minimum Gasteiger partial charge on any atom is -0.328 e. The van der Waals surface area contributed by atoms with Crippen LogP contribution in [0.5, 0.6) is 0 Å². The van der Waals surface area contributed by atoms with Crippen LogP contribution >= 0.6 is 0 Å². The van der Waals surface area contributed by atoms with Gasteiger partial charge < -0.3 is 10.3 Å². The van der Waals surface area contributed by atoms with Gasteiger partial charge in [-0.2, -0.15) is 0 Å². The van der Waals surface area contributed by atoms with Gasteiger partial charge in [-0.15, -0.1) is 0 Å². The first-order valence-electron chi connectivity index (χ1n) is 8.89. The van der Waals surface area contributed by atoms with Gasteiger partial charge in [-0.1, -0.05) is 38.8 Å². The van der Waals surface area contributed by atoms with E-state index in [-0.39, 0.29) is 16.9 Å². The van der Waals surface area contributed by atoms with Crippen molar-refractivity contribution in [1.29, 1.82) is 0 Å². The van der Waals surface area contributed by atoms with Crippen molar-refractivity contribution in [2.45, 2.75) is 65.5 Å². The van der Waals surface area contributed by atoms with E-state index >= 15 is 0 Å². The number of Topliss-reactive ketones (excluding diaryl/α,β-unsaturated/α-hetero) is 1. The molecule has 0 amide bonds. The highest BCUT2D eigenvalue weighted by molar-refractivity contribution is 5.87. The van der Waals surface area contributed by atoms with Crippen LogP contribution in [0.1, 0.15) is 57.6 Å². The Kier molecular flexibility index (Phi) is 5.94. The highest BCUT2D eigenvalue weighted by Gasteiger charge is 2.37. The van der Waals surface area contributed by atoms with Gasteiger partial charge in [-0.05, 0) is 49.3 Å². The SMILES string of the molecule is CC.CC(=O)C1(NCc2ccc3c(C)c[nH]c(=O)c3c2)CCCC1. The lowest BCUT2D eigenvalue weighted by molar-refractivity contribution is -0.123. The highest BCUT2D eigenvalue weighted by atomic mass is 16.1. The van der Waals surface area contributed by atoms with Gasteiger partial charge >= 0.3 is 0 Å². The Labute approximate surface area is 143 Å². The molecule has 3 rings (SSSR count). The van der Waals surface area contributed by atoms with Crippen LogP contribution in [0.15, 0.2) is 29.2 Å². The number of hydrogen-bond acceptors (Lipinski definition) is 3. The van der Waals surface area contributed by atoms with Crippen molar-refractivity contribution in [3.05, 3.63) is 45.9 Å². The molecule has 4 heteroatoms. The summed E-state index contributed by atoms with van der Waals surface area (Å²) in [4.78, 5) is 26.7. The Hall–Kier alpha value is -1.94. The standard InChI is InChI=1S/C18H22N2O2.C2H6/c1-12-10-19-17(22)16-9-14(5-6-15(12)16)11-20-18(13(2)21)7-3-4-8-18;1-2/h5-6,9-10,20H,3-4,7-8,11H2,1-2H3,(H,19,22);1-2H3. The Balaban J connectivity index is 0.00000100. The van der Waals surface area contributed by atoms with Crippen LogP contribution in [0.4, 0.5) is 0 Å². The molecule has 1 aliphatic carbocycles. The summed E-state index contributed by atoms with van der Waals surface area (Å²) in [7, 11) is 0. The van der Waals surface area contributed by atoms with Crippen molar-refractivity contribution in [2.24, 2.45) is 0 Å². The Morgan fingerprint density at radius 1 is 1.21 bits per heavy atom. The molecule has 2 aromatic rings. The number of fused-ring (bicyclic) bond motifs is 1. The van der Waals surface area contributed by atoms with E-state index in [1.807, 2.05) is 39.0 Å². The van der Waals surface area contributed by atoms with Gasteiger partial charge in [0.2, 0.25) is 0 Å². The summed E-state index contributed by atoms with van der Waals surface area (Å²) < 4.78 is 0. The van der Waals surface area contributed by atoms with Crippen LogP contribution in [-0.4, -0.2) is 16.3 Å². The van der Waals surface area contributed by atoms with Crippen molar-refractivity contribution in [1.82, 2.24) is 10.3 Å². The average Bonchev–Trinajstić information content (AvgIpc) is 3.09. The predicted octanol–water partition coefficient (Wildman–Crippen LogP) is 3.85. The van der Waals surface area contributed by atoms with Crippen LogP contribution in [0.2, 0.25) is 0 Å². The third-order valence-corrected chi connectivity index (χ3v) is 4.94. The van der Waals surface area contributed by atoms with Crippen molar-refractivity contribution in [3.63, 3.8) is 0 Å². The maximum Gasteiger partial charge on any atom is 0.255 e. The van der Waals surface area contributed by atoms with Gasteiger partial charge in [-0.3, -0.25) is 9.59 Å². The van der Waals surface area contributed by atoms with Crippen LogP contribution in [-0.2, 0) is 11.3 Å². The molecule has 4 nitrogen and oxygen atoms in total. The molecule has 1 saturated carbocycles. The summed E-state index contributed by atoms with van der Waals surface area (Å²) in [5, 5.41) is 5.14. The Bertz CT molecular complexity index is 771. The van der Waals surface area contributed by atoms with E-state index in [1.54, 1.807) is 13.1 Å². The third kappa shape index (κ3) is 3.59. The summed E-state index contributed by atoms with van der Waals surface area (Å²) in [6.45, 7) is 8.27. The lowest BCUT2D eigenvalue weighted by Gasteiger charge is -2.27. The molecule has 0 bridgehead atoms. The fourth-order valence-corrected chi connectivity index (χ4v) is 3.47. The van der Waals surface area contributed by atoms with Crippen molar-refractivity contribution < 1.29 is 4.79 Å². The first kappa shape index (κ1) is 18.4. The monoisotopic (exact) mass is 328 g/mol. The topological polar surface area (TPSA) is 62.0 Å². The largest absolute Gasteiger partial charge is 0.328 e. The van der Waals surface area contributed by atoms with Crippen LogP contribution in [0, 0.1) is 6.92 Å². The molecule has 1 aromatic heterocycles. The molecule has 0 atom stereocenters. The molecule has 0 saturated heterocycles. The number of aryl methyl sites for hydroxylation is 1. The number of H-pyrrole nitrogens is 1. The molecule has 0 spiro atoms. The zero-order chi connectivity index (χ0) is 17.7. The lowest BCUT2D eigenvalue weighted by Crippen LogP contribution is -2.48. The van der Waals surface area contributed by atoms with Crippen LogP contribution in [0.25, 0.3) is 10.8 Å². The number of hydrogen-bond donors (Lipinski definition) is 2. The second-order valence-corrected chi connectivity index (χ2v) is 6.38. The molecule has 0 aliphatic heterocycles. The second kappa shape index (κ2) is 7.75. The number of carbonyl (C=O) groups is 1. The van der Waals surface area contributed by atoms with Gasteiger partial charge in [0, 0.05) is 18.1 Å². The molecular weight excluding hydrogens is 300 g/mol. The Morgan fingerprint density at radius 3 is 2.50 bits per heavy atom. The highest BCUT2D eigenvalue weighted by Crippen LogP contribution is 2.31. The first-order chi connectivity index (χ1) is 11.5. The van der Waals surface area contributed by atoms with E-state index in [0.29, 0.717) is 11.9 Å². The zero-order valence-corrected chi connectivity index (χ0v) is 15.2. The molecular formula is C20H28N2O2. The molecule has 130 valence electrons. The summed E-state index contributed by atoms with van der Waals surface area (Å²) in [5.41, 5.74) is 1.67. The molecule has 0 unspecified atom stereocenters. The molecule has 1 heterocycles. The number of rotatable bonds is 4. The molecule has 0 radical (unpaired) electrons. The van der Waals surface area contributed by atoms with Crippen LogP contribution in [0.3, 0.4) is 0 Å². The van der Waals surface area contributed by atoms with E-state index < -0.39 is 0 Å². The van der Waals surface area contributed by atoms with Crippen LogP contribution < -0.4 is 10.9 Å². The molecule has 1 aliphatic rings. The van der Waals surface area contributed by atoms with Gasteiger partial charge in [-0.25, -0.2) is 0 Å². The summed E-state index contributed by atoms with van der Waals surface area (Å²) in [6, 6.07) is 5.95. The number of benzene rings is 1. The summed E-state index contributed by atoms with van der Waals surface area (Å²) in [5.74, 6) is 0.222. The van der Waals surface area contributed by atoms with Crippen molar-refractivity contribution in [2.75, 3.05) is 0 Å². The van der Waals surface area contributed by atoms with Gasteiger partial charge in [0.1, 0.15) is 5.78 Å². The minimum atomic E-state index is -0.367. The Morgan fingerprint density at radius 2 is 1.88 bits per heavy atom. The normalized spacial score (nSPS) is 15.8. The maximum absolute atomic E-state index is 12.0. The number of nitrogens with one attached hydrogen (secondary N) is 2. The number of ketones is 1. The fraction of sp³-hybridized carbons (Fsp3) is 0.500. The van der Waals surface area contributed by atoms with Crippen molar-refractivity contribution in [3.8, 4) is 0 Å². The molecule has 24 heavy (non-hydrogen) atoms. The number of aromatic amines is 1. The van der Waals surface area contributed by atoms with Gasteiger partial charge in [0.15, 0.2) is 0 Å². The minimum absolute atomic E-state index is 0.0652. The molecule has 1 aromatic carbocycles. The van der Waals surface area contributed by atoms with Gasteiger partial charge in [0.25, 0.3) is 5.56 Å². The van der Waals surface area contributed by atoms with E-state index in [1.165, 1.54) is 0 Å². The average molecular weight is 328 g/mol. The third-order valence-electron chi connectivity index (χ3n) is 4.94. The smallest absolute Gasteiger partial charge is 0.255 e. The van der Waals surface area contributed by atoms with E-state index in [2.05, 4.69) is 10.3 Å². The molecule has 1 fully saturated rings. The van der Waals surface area contributed by atoms with E-state index in [9.17, 15) is 9.59 Å².